The first kappa shape index (κ1) is 16.3. The molecule has 7 heteroatoms. The fraction of sp³-hybridized carbons (Fsp3) is 0.462. The van der Waals surface area contributed by atoms with Gasteiger partial charge in [-0.1, -0.05) is 19.4 Å². The van der Waals surface area contributed by atoms with Gasteiger partial charge in [-0.05, 0) is 24.6 Å². The Balaban J connectivity index is 2.54. The number of hydrogen-bond donors (Lipinski definition) is 3. The van der Waals surface area contributed by atoms with Crippen molar-refractivity contribution in [3.8, 4) is 0 Å². The molecule has 4 N–H and O–H groups in total. The normalized spacial score (nSPS) is 12.8. The largest absolute Gasteiger partial charge is 0.416 e. The summed E-state index contributed by atoms with van der Waals surface area (Å²) in [6, 6.07) is 3.72. The second-order valence-corrected chi connectivity index (χ2v) is 4.46. The van der Waals surface area contributed by atoms with Crippen LogP contribution in [0.5, 0.6) is 0 Å². The van der Waals surface area contributed by atoms with Crippen LogP contribution in [0.3, 0.4) is 0 Å². The second kappa shape index (κ2) is 7.14. The molecule has 0 radical (unpaired) electrons. The molecule has 0 saturated carbocycles. The number of benzene rings is 1. The van der Waals surface area contributed by atoms with Crippen molar-refractivity contribution in [1.29, 1.82) is 0 Å². The van der Waals surface area contributed by atoms with E-state index in [1.54, 1.807) is 0 Å². The molecule has 0 spiro atoms. The lowest BCUT2D eigenvalue weighted by Crippen LogP contribution is -2.39. The Labute approximate surface area is 115 Å². The minimum atomic E-state index is -4.43. The lowest BCUT2D eigenvalue weighted by atomic mass is 10.2. The van der Waals surface area contributed by atoms with Crippen molar-refractivity contribution in [1.82, 2.24) is 5.32 Å². The van der Waals surface area contributed by atoms with Crippen molar-refractivity contribution in [2.24, 2.45) is 5.73 Å². The van der Waals surface area contributed by atoms with Crippen LogP contribution in [0.1, 0.15) is 25.3 Å². The first-order valence-corrected chi connectivity index (χ1v) is 6.30. The van der Waals surface area contributed by atoms with Gasteiger partial charge in [0, 0.05) is 18.3 Å². The molecule has 0 bridgehead atoms. The standard InChI is InChI=1S/C13H18F3N3O/c1-2-4-10(17)8-18-12(20)19-11-6-3-5-9(7-11)13(14,15)16/h3,5-7,10H,2,4,8,17H2,1H3,(H2,18,19,20). The molecule has 1 aromatic carbocycles. The molecule has 0 aliphatic rings. The number of urea groups is 1. The molecule has 0 saturated heterocycles. The molecule has 20 heavy (non-hydrogen) atoms. The van der Waals surface area contributed by atoms with E-state index in [-0.39, 0.29) is 18.3 Å². The first-order chi connectivity index (χ1) is 9.32. The Morgan fingerprint density at radius 1 is 1.40 bits per heavy atom. The van der Waals surface area contributed by atoms with Crippen molar-refractivity contribution in [2.45, 2.75) is 32.0 Å². The summed E-state index contributed by atoms with van der Waals surface area (Å²) in [5.74, 6) is 0. The van der Waals surface area contributed by atoms with Crippen LogP contribution in [0.25, 0.3) is 0 Å². The summed E-state index contributed by atoms with van der Waals surface area (Å²) in [5, 5.41) is 4.86. The average molecular weight is 289 g/mol. The van der Waals surface area contributed by atoms with Crippen LogP contribution in [-0.4, -0.2) is 18.6 Å². The summed E-state index contributed by atoms with van der Waals surface area (Å²) >= 11 is 0. The highest BCUT2D eigenvalue weighted by Crippen LogP contribution is 2.30. The molecule has 1 atom stereocenters. The third-order valence-electron chi connectivity index (χ3n) is 2.63. The maximum Gasteiger partial charge on any atom is 0.416 e. The third-order valence-corrected chi connectivity index (χ3v) is 2.63. The van der Waals surface area contributed by atoms with Crippen molar-refractivity contribution in [2.75, 3.05) is 11.9 Å². The number of halogens is 3. The molecule has 4 nitrogen and oxygen atoms in total. The summed E-state index contributed by atoms with van der Waals surface area (Å²) in [7, 11) is 0. The van der Waals surface area contributed by atoms with Crippen LogP contribution in [-0.2, 0) is 6.18 Å². The van der Waals surface area contributed by atoms with E-state index in [0.29, 0.717) is 0 Å². The van der Waals surface area contributed by atoms with Gasteiger partial charge in [0.15, 0.2) is 0 Å². The zero-order valence-electron chi connectivity index (χ0n) is 11.1. The number of hydrogen-bond acceptors (Lipinski definition) is 2. The second-order valence-electron chi connectivity index (χ2n) is 4.46. The molecule has 1 aromatic rings. The smallest absolute Gasteiger partial charge is 0.336 e. The van der Waals surface area contributed by atoms with Gasteiger partial charge in [-0.25, -0.2) is 4.79 Å². The van der Waals surface area contributed by atoms with E-state index in [1.165, 1.54) is 12.1 Å². The zero-order chi connectivity index (χ0) is 15.2. The maximum absolute atomic E-state index is 12.5. The number of rotatable bonds is 5. The Morgan fingerprint density at radius 3 is 2.70 bits per heavy atom. The topological polar surface area (TPSA) is 67.1 Å². The predicted molar refractivity (Wildman–Crippen MR) is 71.3 cm³/mol. The van der Waals surface area contributed by atoms with Gasteiger partial charge >= 0.3 is 12.2 Å². The van der Waals surface area contributed by atoms with Crippen LogP contribution < -0.4 is 16.4 Å². The molecule has 0 fully saturated rings. The van der Waals surface area contributed by atoms with Crippen molar-refractivity contribution in [3.05, 3.63) is 29.8 Å². The van der Waals surface area contributed by atoms with E-state index in [4.69, 9.17) is 5.73 Å². The van der Waals surface area contributed by atoms with Crippen LogP contribution in [0.15, 0.2) is 24.3 Å². The number of anilines is 1. The summed E-state index contributed by atoms with van der Waals surface area (Å²) in [5.41, 5.74) is 4.99. The minimum Gasteiger partial charge on any atom is -0.336 e. The monoisotopic (exact) mass is 289 g/mol. The van der Waals surface area contributed by atoms with Crippen LogP contribution in [0.2, 0.25) is 0 Å². The van der Waals surface area contributed by atoms with Gasteiger partial charge in [0.2, 0.25) is 0 Å². The Bertz CT molecular complexity index is 449. The number of carbonyl (C=O) groups excluding carboxylic acids is 1. The van der Waals surface area contributed by atoms with E-state index in [1.807, 2.05) is 6.92 Å². The van der Waals surface area contributed by atoms with Gasteiger partial charge in [-0.2, -0.15) is 13.2 Å². The molecule has 0 aromatic heterocycles. The minimum absolute atomic E-state index is 0.0846. The van der Waals surface area contributed by atoms with Crippen molar-refractivity contribution in [3.63, 3.8) is 0 Å². The van der Waals surface area contributed by atoms with Gasteiger partial charge < -0.3 is 16.4 Å². The molecular formula is C13H18F3N3O. The van der Waals surface area contributed by atoms with Crippen LogP contribution in [0, 0.1) is 0 Å². The Kier molecular flexibility index (Phi) is 5.82. The van der Waals surface area contributed by atoms with Gasteiger partial charge in [0.1, 0.15) is 0 Å². The molecule has 0 aliphatic carbocycles. The number of carbonyl (C=O) groups is 1. The number of alkyl halides is 3. The number of nitrogens with one attached hydrogen (secondary N) is 2. The quantitative estimate of drug-likeness (QED) is 0.780. The summed E-state index contributed by atoms with van der Waals surface area (Å²) in [6.45, 7) is 2.25. The fourth-order valence-corrected chi connectivity index (χ4v) is 1.65. The predicted octanol–water partition coefficient (Wildman–Crippen LogP) is 2.95. The van der Waals surface area contributed by atoms with Crippen LogP contribution >= 0.6 is 0 Å². The van der Waals surface area contributed by atoms with Gasteiger partial charge in [-0.15, -0.1) is 0 Å². The molecule has 1 rings (SSSR count). The maximum atomic E-state index is 12.5. The fourth-order valence-electron chi connectivity index (χ4n) is 1.65. The highest BCUT2D eigenvalue weighted by Gasteiger charge is 2.30. The third kappa shape index (κ3) is 5.48. The summed E-state index contributed by atoms with van der Waals surface area (Å²) in [4.78, 5) is 11.5. The Hall–Kier alpha value is -1.76. The van der Waals surface area contributed by atoms with E-state index in [0.717, 1.165) is 25.0 Å². The highest BCUT2D eigenvalue weighted by atomic mass is 19.4. The molecule has 1 unspecified atom stereocenters. The molecule has 2 amide bonds. The van der Waals surface area contributed by atoms with Crippen molar-refractivity contribution >= 4 is 11.7 Å². The molecular weight excluding hydrogens is 271 g/mol. The van der Waals surface area contributed by atoms with E-state index < -0.39 is 17.8 Å². The number of amides is 2. The summed E-state index contributed by atoms with van der Waals surface area (Å²) < 4.78 is 37.5. The Morgan fingerprint density at radius 2 is 2.10 bits per heavy atom. The lowest BCUT2D eigenvalue weighted by Gasteiger charge is -2.13. The van der Waals surface area contributed by atoms with Gasteiger partial charge in [0.25, 0.3) is 0 Å². The highest BCUT2D eigenvalue weighted by molar-refractivity contribution is 5.89. The molecule has 0 aliphatic heterocycles. The van der Waals surface area contributed by atoms with Gasteiger partial charge in [-0.3, -0.25) is 0 Å². The average Bonchev–Trinajstić information content (AvgIpc) is 2.36. The summed E-state index contributed by atoms with van der Waals surface area (Å²) in [6.07, 6.45) is -2.76. The molecule has 0 heterocycles. The van der Waals surface area contributed by atoms with Crippen LogP contribution in [0.4, 0.5) is 23.7 Å². The lowest BCUT2D eigenvalue weighted by molar-refractivity contribution is -0.137. The SMILES string of the molecule is CCCC(N)CNC(=O)Nc1cccc(C(F)(F)F)c1. The molecule has 112 valence electrons. The van der Waals surface area contributed by atoms with E-state index >= 15 is 0 Å². The first-order valence-electron chi connectivity index (χ1n) is 6.30. The zero-order valence-corrected chi connectivity index (χ0v) is 11.1. The van der Waals surface area contributed by atoms with E-state index in [2.05, 4.69) is 10.6 Å². The van der Waals surface area contributed by atoms with Gasteiger partial charge in [0.05, 0.1) is 5.56 Å². The van der Waals surface area contributed by atoms with E-state index in [9.17, 15) is 18.0 Å². The van der Waals surface area contributed by atoms with Crippen molar-refractivity contribution < 1.29 is 18.0 Å². The number of nitrogens with two attached hydrogens (primary N) is 1.